The summed E-state index contributed by atoms with van der Waals surface area (Å²) < 4.78 is 0. The summed E-state index contributed by atoms with van der Waals surface area (Å²) in [6.07, 6.45) is 0. The van der Waals surface area contributed by atoms with Crippen LogP contribution in [-0.4, -0.2) is 11.9 Å². The number of rotatable bonds is 0. The first kappa shape index (κ1) is 10.7. The lowest BCUT2D eigenvalue weighted by atomic mass is 10.1. The number of hydrogen-bond acceptors (Lipinski definition) is 2. The predicted octanol–water partition coefficient (Wildman–Crippen LogP) is 1.00. The van der Waals surface area contributed by atoms with Crippen LogP contribution in [0, 0.1) is 5.92 Å². The van der Waals surface area contributed by atoms with E-state index in [9.17, 15) is 9.59 Å². The number of hydrogen-bond donors (Lipinski definition) is 2. The Morgan fingerprint density at radius 3 is 2.17 bits per heavy atom. The highest BCUT2D eigenvalue weighted by Crippen LogP contribution is 2.07. The van der Waals surface area contributed by atoms with Crippen molar-refractivity contribution in [1.82, 2.24) is 10.6 Å². The fraction of sp³-hybridized carbons (Fsp3) is 0.500. The highest BCUT2D eigenvalue weighted by molar-refractivity contribution is 6.00. The van der Waals surface area contributed by atoms with Crippen molar-refractivity contribution in [2.24, 2.45) is 5.92 Å². The zero-order valence-corrected chi connectivity index (χ0v) is 7.60. The molecule has 0 aliphatic carbocycles. The Bertz CT molecular complexity index is 191. The van der Waals surface area contributed by atoms with Crippen LogP contribution in [0.25, 0.3) is 0 Å². The van der Waals surface area contributed by atoms with Gasteiger partial charge in [0.15, 0.2) is 0 Å². The molecule has 0 spiro atoms. The van der Waals surface area contributed by atoms with Gasteiger partial charge in [-0.2, -0.15) is 0 Å². The molecule has 12 heavy (non-hydrogen) atoms. The van der Waals surface area contributed by atoms with Gasteiger partial charge in [-0.3, -0.25) is 10.1 Å². The van der Waals surface area contributed by atoms with Gasteiger partial charge in [0, 0.05) is 5.70 Å². The fourth-order valence-electron chi connectivity index (χ4n) is 0.664. The van der Waals surface area contributed by atoms with E-state index in [-0.39, 0.29) is 11.8 Å². The molecule has 1 atom stereocenters. The number of carbonyl (C=O) groups is 2. The van der Waals surface area contributed by atoms with Crippen LogP contribution in [0.15, 0.2) is 12.3 Å². The first-order valence-corrected chi connectivity index (χ1v) is 3.92. The summed E-state index contributed by atoms with van der Waals surface area (Å²) in [7, 11) is 0. The van der Waals surface area contributed by atoms with Crippen molar-refractivity contribution >= 4 is 11.9 Å². The molecule has 0 aromatic carbocycles. The van der Waals surface area contributed by atoms with Gasteiger partial charge in [-0.05, 0) is 6.92 Å². The molecule has 1 heterocycles. The molecule has 1 aliphatic heterocycles. The molecule has 4 nitrogen and oxygen atoms in total. The van der Waals surface area contributed by atoms with Crippen LogP contribution in [0.1, 0.15) is 20.8 Å². The zero-order valence-electron chi connectivity index (χ0n) is 7.60. The molecule has 4 heteroatoms. The summed E-state index contributed by atoms with van der Waals surface area (Å²) in [5, 5.41) is 4.50. The second kappa shape index (κ2) is 4.54. The molecular formula is C8H14N2O2. The van der Waals surface area contributed by atoms with Crippen molar-refractivity contribution in [3.05, 3.63) is 12.3 Å². The summed E-state index contributed by atoms with van der Waals surface area (Å²) in [5.41, 5.74) is 0.453. The van der Waals surface area contributed by atoms with E-state index >= 15 is 0 Å². The second-order valence-electron chi connectivity index (χ2n) is 2.19. The molecule has 0 aromatic heterocycles. The molecule has 0 saturated carbocycles. The van der Waals surface area contributed by atoms with Gasteiger partial charge >= 0.3 is 6.03 Å². The quantitative estimate of drug-likeness (QED) is 0.569. The van der Waals surface area contributed by atoms with Gasteiger partial charge in [0.1, 0.15) is 0 Å². The van der Waals surface area contributed by atoms with Gasteiger partial charge in [-0.1, -0.05) is 20.4 Å². The first-order valence-electron chi connectivity index (χ1n) is 3.92. The summed E-state index contributed by atoms with van der Waals surface area (Å²) >= 11 is 0. The molecule has 0 bridgehead atoms. The highest BCUT2D eigenvalue weighted by Gasteiger charge is 2.24. The van der Waals surface area contributed by atoms with E-state index < -0.39 is 6.03 Å². The molecule has 0 aromatic rings. The average Bonchev–Trinajstić information content (AvgIpc) is 2.04. The Morgan fingerprint density at radius 1 is 1.25 bits per heavy atom. The molecule has 1 rings (SSSR count). The second-order valence-corrected chi connectivity index (χ2v) is 2.19. The lowest BCUT2D eigenvalue weighted by Gasteiger charge is -2.20. The lowest BCUT2D eigenvalue weighted by molar-refractivity contribution is -0.122. The highest BCUT2D eigenvalue weighted by atomic mass is 16.2. The van der Waals surface area contributed by atoms with Gasteiger partial charge in [-0.15, -0.1) is 0 Å². The Morgan fingerprint density at radius 2 is 1.75 bits per heavy atom. The monoisotopic (exact) mass is 170 g/mol. The Balaban J connectivity index is 0.000000561. The van der Waals surface area contributed by atoms with Crippen molar-refractivity contribution in [3.8, 4) is 0 Å². The fourth-order valence-corrected chi connectivity index (χ4v) is 0.664. The standard InChI is InChI=1S/C6H8N2O2.C2H6/c1-3-4(2)7-6(10)8-5(3)9;1-2/h3H,2H2,1H3,(H2,7,8,9,10);1-2H3. The van der Waals surface area contributed by atoms with Crippen LogP contribution >= 0.6 is 0 Å². The molecule has 0 radical (unpaired) electrons. The molecular weight excluding hydrogens is 156 g/mol. The number of carbonyl (C=O) groups excluding carboxylic acids is 2. The van der Waals surface area contributed by atoms with Crippen molar-refractivity contribution in [2.75, 3.05) is 0 Å². The summed E-state index contributed by atoms with van der Waals surface area (Å²) in [4.78, 5) is 21.3. The zero-order chi connectivity index (χ0) is 9.72. The lowest BCUT2D eigenvalue weighted by Crippen LogP contribution is -2.49. The molecule has 1 unspecified atom stereocenters. The molecule has 1 saturated heterocycles. The Kier molecular flexibility index (Phi) is 4.04. The van der Waals surface area contributed by atoms with Gasteiger partial charge in [0.25, 0.3) is 0 Å². The van der Waals surface area contributed by atoms with E-state index in [1.54, 1.807) is 6.92 Å². The Hall–Kier alpha value is -1.32. The van der Waals surface area contributed by atoms with Crippen LogP contribution in [-0.2, 0) is 4.79 Å². The van der Waals surface area contributed by atoms with Gasteiger partial charge < -0.3 is 5.32 Å². The van der Waals surface area contributed by atoms with Crippen molar-refractivity contribution < 1.29 is 9.59 Å². The van der Waals surface area contributed by atoms with Crippen LogP contribution in [0.5, 0.6) is 0 Å². The number of amides is 3. The van der Waals surface area contributed by atoms with Crippen LogP contribution in [0.3, 0.4) is 0 Å². The van der Waals surface area contributed by atoms with E-state index in [2.05, 4.69) is 17.2 Å². The molecule has 68 valence electrons. The minimum absolute atomic E-state index is 0.297. The normalized spacial score (nSPS) is 21.9. The third kappa shape index (κ3) is 2.38. The van der Waals surface area contributed by atoms with Crippen LogP contribution < -0.4 is 10.6 Å². The van der Waals surface area contributed by atoms with Gasteiger partial charge in [-0.25, -0.2) is 4.79 Å². The predicted molar refractivity (Wildman–Crippen MR) is 46.3 cm³/mol. The molecule has 1 aliphatic rings. The van der Waals surface area contributed by atoms with Crippen molar-refractivity contribution in [1.29, 1.82) is 0 Å². The minimum Gasteiger partial charge on any atom is -0.311 e. The summed E-state index contributed by atoms with van der Waals surface area (Å²) in [6, 6.07) is -0.492. The van der Waals surface area contributed by atoms with Gasteiger partial charge in [0.2, 0.25) is 5.91 Å². The topological polar surface area (TPSA) is 58.2 Å². The largest absolute Gasteiger partial charge is 0.325 e. The van der Waals surface area contributed by atoms with Crippen LogP contribution in [0.4, 0.5) is 4.79 Å². The number of urea groups is 1. The van der Waals surface area contributed by atoms with E-state index in [0.29, 0.717) is 5.70 Å². The molecule has 3 amide bonds. The minimum atomic E-state index is -0.492. The van der Waals surface area contributed by atoms with Crippen LogP contribution in [0.2, 0.25) is 0 Å². The summed E-state index contributed by atoms with van der Waals surface area (Å²) in [5.74, 6) is -0.619. The maximum absolute atomic E-state index is 10.8. The molecule has 2 N–H and O–H groups in total. The van der Waals surface area contributed by atoms with E-state index in [1.807, 2.05) is 13.8 Å². The third-order valence-corrected chi connectivity index (χ3v) is 1.43. The van der Waals surface area contributed by atoms with E-state index in [0.717, 1.165) is 0 Å². The summed E-state index contributed by atoms with van der Waals surface area (Å²) in [6.45, 7) is 9.18. The number of nitrogens with one attached hydrogen (secondary N) is 2. The average molecular weight is 170 g/mol. The third-order valence-electron chi connectivity index (χ3n) is 1.43. The van der Waals surface area contributed by atoms with Crippen molar-refractivity contribution in [3.63, 3.8) is 0 Å². The van der Waals surface area contributed by atoms with Gasteiger partial charge in [0.05, 0.1) is 5.92 Å². The van der Waals surface area contributed by atoms with E-state index in [1.165, 1.54) is 0 Å². The maximum atomic E-state index is 10.8. The SMILES string of the molecule is C=C1NC(=O)NC(=O)C1C.CC. The maximum Gasteiger partial charge on any atom is 0.325 e. The van der Waals surface area contributed by atoms with Crippen molar-refractivity contribution in [2.45, 2.75) is 20.8 Å². The smallest absolute Gasteiger partial charge is 0.311 e. The number of imide groups is 1. The van der Waals surface area contributed by atoms with E-state index in [4.69, 9.17) is 0 Å². The Labute approximate surface area is 72.0 Å². The first-order chi connectivity index (χ1) is 5.61. The molecule has 1 fully saturated rings.